The molecule has 3 nitrogen and oxygen atoms in total. The molecule has 2 aliphatic heterocycles. The maximum atomic E-state index is 9.83. The molecule has 1 aromatic carbocycles. The summed E-state index contributed by atoms with van der Waals surface area (Å²) in [5.41, 5.74) is 2.56. The van der Waals surface area contributed by atoms with Crippen LogP contribution in [0.2, 0.25) is 0 Å². The van der Waals surface area contributed by atoms with Crippen LogP contribution in [-0.2, 0) is 0 Å². The Bertz CT molecular complexity index is 463. The number of anilines is 1. The van der Waals surface area contributed by atoms with Crippen molar-refractivity contribution in [3.8, 4) is 5.75 Å². The summed E-state index contributed by atoms with van der Waals surface area (Å²) in [6.45, 7) is 1.13. The van der Waals surface area contributed by atoms with Gasteiger partial charge in [0.1, 0.15) is 5.75 Å². The topological polar surface area (TPSA) is 26.7 Å². The molecule has 0 saturated carbocycles. The first kappa shape index (κ1) is 11.4. The molecule has 3 rings (SSSR count). The van der Waals surface area contributed by atoms with Crippen molar-refractivity contribution >= 4 is 21.6 Å². The predicted molar refractivity (Wildman–Crippen MR) is 72.6 cm³/mol. The minimum absolute atomic E-state index is 0.356. The number of benzene rings is 1. The van der Waals surface area contributed by atoms with Crippen molar-refractivity contribution in [2.24, 2.45) is 0 Å². The van der Waals surface area contributed by atoms with E-state index in [2.05, 4.69) is 39.8 Å². The van der Waals surface area contributed by atoms with Gasteiger partial charge >= 0.3 is 0 Å². The number of piperidine rings is 1. The van der Waals surface area contributed by atoms with Crippen LogP contribution in [0.3, 0.4) is 0 Å². The minimum atomic E-state index is 0.356. The van der Waals surface area contributed by atoms with Crippen molar-refractivity contribution in [2.75, 3.05) is 25.5 Å². The van der Waals surface area contributed by atoms with Gasteiger partial charge in [-0.3, -0.25) is 4.90 Å². The van der Waals surface area contributed by atoms with Crippen LogP contribution in [0.1, 0.15) is 24.3 Å². The lowest BCUT2D eigenvalue weighted by Gasteiger charge is -2.48. The Morgan fingerprint density at radius 2 is 2.12 bits per heavy atom. The second kappa shape index (κ2) is 3.89. The van der Waals surface area contributed by atoms with Gasteiger partial charge in [-0.1, -0.05) is 0 Å². The molecule has 2 heterocycles. The summed E-state index contributed by atoms with van der Waals surface area (Å²) < 4.78 is 0.783. The fourth-order valence-corrected chi connectivity index (χ4v) is 3.49. The molecule has 0 aliphatic carbocycles. The van der Waals surface area contributed by atoms with E-state index in [0.717, 1.165) is 11.0 Å². The van der Waals surface area contributed by atoms with Crippen LogP contribution in [0, 0.1) is 0 Å². The summed E-state index contributed by atoms with van der Waals surface area (Å²) in [7, 11) is 4.34. The minimum Gasteiger partial charge on any atom is -0.507 e. The number of phenolic OH excluding ortho intramolecular Hbond substituents is 1. The first-order chi connectivity index (χ1) is 8.08. The van der Waals surface area contributed by atoms with E-state index in [-0.39, 0.29) is 0 Å². The molecular formula is C13H17BrN2O. The van der Waals surface area contributed by atoms with Gasteiger partial charge in [0.15, 0.2) is 0 Å². The number of fused-ring (bicyclic) bond motifs is 4. The van der Waals surface area contributed by atoms with E-state index in [4.69, 9.17) is 0 Å². The maximum absolute atomic E-state index is 9.83. The molecule has 0 radical (unpaired) electrons. The van der Waals surface area contributed by atoms with Crippen molar-refractivity contribution in [3.05, 3.63) is 22.2 Å². The van der Waals surface area contributed by atoms with E-state index >= 15 is 0 Å². The molecule has 4 heteroatoms. The third kappa shape index (κ3) is 1.66. The third-order valence-corrected chi connectivity index (χ3v) is 4.83. The van der Waals surface area contributed by atoms with Crippen LogP contribution in [0.4, 0.5) is 5.69 Å². The molecule has 2 bridgehead atoms. The summed E-state index contributed by atoms with van der Waals surface area (Å²) in [4.78, 5) is 4.75. The number of hydrogen-bond donors (Lipinski definition) is 1. The number of nitrogens with zero attached hydrogens (tertiary/aromatic N) is 2. The van der Waals surface area contributed by atoms with Gasteiger partial charge in [0, 0.05) is 19.3 Å². The van der Waals surface area contributed by atoms with Crippen molar-refractivity contribution in [2.45, 2.75) is 24.9 Å². The second-order valence-electron chi connectivity index (χ2n) is 5.16. The lowest BCUT2D eigenvalue weighted by atomic mass is 9.83. The van der Waals surface area contributed by atoms with Gasteiger partial charge in [0.25, 0.3) is 0 Å². The Kier molecular flexibility index (Phi) is 2.60. The van der Waals surface area contributed by atoms with Gasteiger partial charge in [-0.05, 0) is 59.4 Å². The molecule has 1 N–H and O–H groups in total. The Morgan fingerprint density at radius 1 is 1.35 bits per heavy atom. The van der Waals surface area contributed by atoms with Gasteiger partial charge in [0.05, 0.1) is 10.6 Å². The van der Waals surface area contributed by atoms with E-state index in [0.29, 0.717) is 17.8 Å². The average molecular weight is 297 g/mol. The number of aromatic hydroxyl groups is 1. The molecule has 1 saturated heterocycles. The normalized spacial score (nSPS) is 28.1. The smallest absolute Gasteiger partial charge is 0.130 e. The van der Waals surface area contributed by atoms with E-state index < -0.39 is 0 Å². The monoisotopic (exact) mass is 296 g/mol. The number of phenols is 1. The SMILES string of the molecule is CN1CCC2CC1N(C)c1cc(Br)c(O)cc12. The van der Waals surface area contributed by atoms with Gasteiger partial charge in [-0.15, -0.1) is 0 Å². The molecule has 17 heavy (non-hydrogen) atoms. The Balaban J connectivity index is 2.12. The van der Waals surface area contributed by atoms with E-state index in [1.807, 2.05) is 12.1 Å². The fraction of sp³-hybridized carbons (Fsp3) is 0.538. The van der Waals surface area contributed by atoms with Crippen molar-refractivity contribution in [3.63, 3.8) is 0 Å². The van der Waals surface area contributed by atoms with Crippen LogP contribution in [0.5, 0.6) is 5.75 Å². The average Bonchev–Trinajstić information content (AvgIpc) is 2.31. The summed E-state index contributed by atoms with van der Waals surface area (Å²) in [5, 5.41) is 9.83. The van der Waals surface area contributed by atoms with Gasteiger partial charge in [-0.2, -0.15) is 0 Å². The summed E-state index contributed by atoms with van der Waals surface area (Å²) >= 11 is 3.41. The zero-order chi connectivity index (χ0) is 12.2. The zero-order valence-corrected chi connectivity index (χ0v) is 11.7. The largest absolute Gasteiger partial charge is 0.507 e. The quantitative estimate of drug-likeness (QED) is 0.797. The van der Waals surface area contributed by atoms with E-state index in [1.165, 1.54) is 24.1 Å². The highest BCUT2D eigenvalue weighted by Crippen LogP contribution is 2.46. The molecule has 2 atom stereocenters. The Morgan fingerprint density at radius 3 is 2.88 bits per heavy atom. The molecule has 0 spiro atoms. The molecular weight excluding hydrogens is 280 g/mol. The third-order valence-electron chi connectivity index (χ3n) is 4.20. The number of rotatable bonds is 0. The highest BCUT2D eigenvalue weighted by Gasteiger charge is 2.36. The Hall–Kier alpha value is -0.740. The van der Waals surface area contributed by atoms with Crippen LogP contribution >= 0.6 is 15.9 Å². The molecule has 2 aliphatic rings. The Labute approximate surface area is 110 Å². The van der Waals surface area contributed by atoms with Crippen molar-refractivity contribution < 1.29 is 5.11 Å². The van der Waals surface area contributed by atoms with Gasteiger partial charge in [-0.25, -0.2) is 0 Å². The molecule has 0 aromatic heterocycles. The number of likely N-dealkylation sites (tertiary alicyclic amines) is 1. The zero-order valence-electron chi connectivity index (χ0n) is 10.2. The number of halogens is 1. The summed E-state index contributed by atoms with van der Waals surface area (Å²) in [6.07, 6.45) is 2.85. The maximum Gasteiger partial charge on any atom is 0.130 e. The molecule has 2 unspecified atom stereocenters. The van der Waals surface area contributed by atoms with Crippen LogP contribution < -0.4 is 4.90 Å². The first-order valence-electron chi connectivity index (χ1n) is 6.03. The number of hydrogen-bond acceptors (Lipinski definition) is 3. The summed E-state index contributed by atoms with van der Waals surface area (Å²) in [6, 6.07) is 3.98. The highest BCUT2D eigenvalue weighted by molar-refractivity contribution is 9.10. The van der Waals surface area contributed by atoms with Gasteiger partial charge < -0.3 is 10.0 Å². The van der Waals surface area contributed by atoms with Crippen LogP contribution in [-0.4, -0.2) is 36.8 Å². The molecule has 1 aromatic rings. The van der Waals surface area contributed by atoms with Crippen LogP contribution in [0.25, 0.3) is 0 Å². The molecule has 1 fully saturated rings. The fourth-order valence-electron chi connectivity index (χ4n) is 3.16. The van der Waals surface area contributed by atoms with E-state index in [1.54, 1.807) is 0 Å². The van der Waals surface area contributed by atoms with Crippen molar-refractivity contribution in [1.82, 2.24) is 4.90 Å². The highest BCUT2D eigenvalue weighted by atomic mass is 79.9. The first-order valence-corrected chi connectivity index (χ1v) is 6.82. The lowest BCUT2D eigenvalue weighted by Crippen LogP contribution is -2.52. The van der Waals surface area contributed by atoms with Crippen molar-refractivity contribution in [1.29, 1.82) is 0 Å². The molecule has 92 valence electrons. The standard InChI is InChI=1S/C13H17BrN2O/c1-15-4-3-8-5-13(15)16(2)11-7-10(14)12(17)6-9(8)11/h6-8,13,17H,3-5H2,1-2H3. The van der Waals surface area contributed by atoms with Crippen LogP contribution in [0.15, 0.2) is 16.6 Å². The molecule has 0 amide bonds. The summed E-state index contributed by atoms with van der Waals surface area (Å²) in [5.74, 6) is 0.955. The second-order valence-corrected chi connectivity index (χ2v) is 6.01. The lowest BCUT2D eigenvalue weighted by molar-refractivity contribution is 0.159. The predicted octanol–water partition coefficient (Wildman–Crippen LogP) is 2.74. The van der Waals surface area contributed by atoms with E-state index in [9.17, 15) is 5.11 Å². The van der Waals surface area contributed by atoms with Gasteiger partial charge in [0.2, 0.25) is 0 Å².